The molecule has 0 radical (unpaired) electrons. The van der Waals surface area contributed by atoms with E-state index in [2.05, 4.69) is 15.3 Å². The topological polar surface area (TPSA) is 50.2 Å². The molecule has 156 valence electrons. The second kappa shape index (κ2) is 8.65. The Balaban J connectivity index is 1.41. The van der Waals surface area contributed by atoms with Crippen molar-refractivity contribution in [2.75, 3.05) is 25.0 Å². The SMILES string of the molecule is CN(CCCNC(=O)c1nn(-c2ccc(F)c(F)c2)c2c1CCC2)c1ccccc1. The Bertz CT molecular complexity index is 1050. The summed E-state index contributed by atoms with van der Waals surface area (Å²) in [5, 5.41) is 7.38. The lowest BCUT2D eigenvalue weighted by atomic mass is 10.2. The number of carbonyl (C=O) groups excluding carboxylic acids is 1. The van der Waals surface area contributed by atoms with E-state index in [4.69, 9.17) is 0 Å². The number of benzene rings is 2. The molecular formula is C23H24F2N4O. The first-order chi connectivity index (χ1) is 14.5. The first kappa shape index (κ1) is 20.1. The summed E-state index contributed by atoms with van der Waals surface area (Å²) >= 11 is 0. The number of amides is 1. The van der Waals surface area contributed by atoms with E-state index >= 15 is 0 Å². The normalized spacial score (nSPS) is 12.6. The zero-order valence-corrected chi connectivity index (χ0v) is 16.9. The number of fused-ring (bicyclic) bond motifs is 1. The first-order valence-electron chi connectivity index (χ1n) is 10.1. The van der Waals surface area contributed by atoms with Gasteiger partial charge in [0, 0.05) is 43.1 Å². The van der Waals surface area contributed by atoms with Crippen LogP contribution in [0.1, 0.15) is 34.6 Å². The highest BCUT2D eigenvalue weighted by Crippen LogP contribution is 2.28. The molecule has 0 saturated carbocycles. The number of hydrogen-bond acceptors (Lipinski definition) is 3. The van der Waals surface area contributed by atoms with E-state index in [-0.39, 0.29) is 5.91 Å². The van der Waals surface area contributed by atoms with E-state index in [1.807, 2.05) is 37.4 Å². The fourth-order valence-electron chi connectivity index (χ4n) is 3.86. The molecular weight excluding hydrogens is 386 g/mol. The maximum absolute atomic E-state index is 13.7. The monoisotopic (exact) mass is 410 g/mol. The van der Waals surface area contributed by atoms with Gasteiger partial charge in [0.1, 0.15) is 0 Å². The molecule has 1 amide bonds. The molecule has 0 spiro atoms. The van der Waals surface area contributed by atoms with Gasteiger partial charge in [-0.3, -0.25) is 4.79 Å². The van der Waals surface area contributed by atoms with Crippen LogP contribution < -0.4 is 10.2 Å². The molecule has 30 heavy (non-hydrogen) atoms. The van der Waals surface area contributed by atoms with Gasteiger partial charge in [-0.1, -0.05) is 18.2 Å². The average molecular weight is 410 g/mol. The van der Waals surface area contributed by atoms with Crippen LogP contribution >= 0.6 is 0 Å². The van der Waals surface area contributed by atoms with Gasteiger partial charge < -0.3 is 10.2 Å². The Kier molecular flexibility index (Phi) is 5.79. The number of anilines is 1. The molecule has 2 aromatic carbocycles. The Morgan fingerprint density at radius 1 is 1.13 bits per heavy atom. The first-order valence-corrected chi connectivity index (χ1v) is 10.1. The molecule has 0 fully saturated rings. The number of hydrogen-bond donors (Lipinski definition) is 1. The maximum atomic E-state index is 13.7. The van der Waals surface area contributed by atoms with Crippen molar-refractivity contribution in [3.05, 3.63) is 77.1 Å². The number of nitrogens with zero attached hydrogens (tertiary/aromatic N) is 3. The summed E-state index contributed by atoms with van der Waals surface area (Å²) < 4.78 is 28.5. The van der Waals surface area contributed by atoms with Crippen molar-refractivity contribution >= 4 is 11.6 Å². The Morgan fingerprint density at radius 3 is 2.70 bits per heavy atom. The summed E-state index contributed by atoms with van der Waals surface area (Å²) in [6.07, 6.45) is 3.23. The van der Waals surface area contributed by atoms with E-state index in [0.29, 0.717) is 17.9 Å². The Hall–Kier alpha value is -3.22. The van der Waals surface area contributed by atoms with Crippen molar-refractivity contribution in [2.45, 2.75) is 25.7 Å². The predicted molar refractivity (Wildman–Crippen MR) is 112 cm³/mol. The van der Waals surface area contributed by atoms with Crippen molar-refractivity contribution in [3.8, 4) is 5.69 Å². The average Bonchev–Trinajstić information content (AvgIpc) is 3.36. The molecule has 1 N–H and O–H groups in total. The highest BCUT2D eigenvalue weighted by molar-refractivity contribution is 5.94. The summed E-state index contributed by atoms with van der Waals surface area (Å²) in [5.74, 6) is -2.05. The van der Waals surface area contributed by atoms with Gasteiger partial charge in [-0.15, -0.1) is 0 Å². The number of halogens is 2. The molecule has 1 aromatic heterocycles. The minimum Gasteiger partial charge on any atom is -0.375 e. The van der Waals surface area contributed by atoms with Crippen molar-refractivity contribution in [2.24, 2.45) is 0 Å². The highest BCUT2D eigenvalue weighted by atomic mass is 19.2. The summed E-state index contributed by atoms with van der Waals surface area (Å²) in [6, 6.07) is 13.7. The molecule has 1 aliphatic rings. The number of carbonyl (C=O) groups is 1. The summed E-state index contributed by atoms with van der Waals surface area (Å²) in [4.78, 5) is 14.9. The zero-order chi connectivity index (χ0) is 21.1. The smallest absolute Gasteiger partial charge is 0.272 e. The number of nitrogens with one attached hydrogen (secondary N) is 1. The van der Waals surface area contributed by atoms with E-state index in [1.165, 1.54) is 6.07 Å². The standard InChI is InChI=1S/C23H24F2N4O/c1-28(16-7-3-2-4-8-16)14-6-13-26-23(30)22-18-9-5-10-21(18)29(27-22)17-11-12-19(24)20(25)15-17/h2-4,7-8,11-12,15H,5-6,9-10,13-14H2,1H3,(H,26,30). The van der Waals surface area contributed by atoms with Gasteiger partial charge in [0.2, 0.25) is 0 Å². The van der Waals surface area contributed by atoms with Crippen LogP contribution in [0.15, 0.2) is 48.5 Å². The molecule has 1 aliphatic carbocycles. The van der Waals surface area contributed by atoms with Crippen molar-refractivity contribution < 1.29 is 13.6 Å². The fraction of sp³-hybridized carbons (Fsp3) is 0.304. The number of para-hydroxylation sites is 1. The lowest BCUT2D eigenvalue weighted by Crippen LogP contribution is -2.29. The molecule has 5 nitrogen and oxygen atoms in total. The van der Waals surface area contributed by atoms with Gasteiger partial charge in [0.25, 0.3) is 5.91 Å². The van der Waals surface area contributed by atoms with E-state index in [1.54, 1.807) is 4.68 Å². The third-order valence-corrected chi connectivity index (χ3v) is 5.45. The van der Waals surface area contributed by atoms with Crippen LogP contribution in [-0.4, -0.2) is 35.8 Å². The lowest BCUT2D eigenvalue weighted by Gasteiger charge is -2.19. The molecule has 0 atom stereocenters. The van der Waals surface area contributed by atoms with Crippen LogP contribution in [0.25, 0.3) is 5.69 Å². The predicted octanol–water partition coefficient (Wildman–Crippen LogP) is 3.90. The lowest BCUT2D eigenvalue weighted by molar-refractivity contribution is 0.0947. The van der Waals surface area contributed by atoms with E-state index < -0.39 is 11.6 Å². The van der Waals surface area contributed by atoms with Crippen LogP contribution in [0.3, 0.4) is 0 Å². The molecule has 0 aliphatic heterocycles. The quantitative estimate of drug-likeness (QED) is 0.601. The van der Waals surface area contributed by atoms with Crippen molar-refractivity contribution in [3.63, 3.8) is 0 Å². The Morgan fingerprint density at radius 2 is 1.93 bits per heavy atom. The van der Waals surface area contributed by atoms with Crippen LogP contribution in [0.4, 0.5) is 14.5 Å². The zero-order valence-electron chi connectivity index (χ0n) is 16.9. The van der Waals surface area contributed by atoms with Gasteiger partial charge in [-0.25, -0.2) is 13.5 Å². The van der Waals surface area contributed by atoms with Gasteiger partial charge in [-0.2, -0.15) is 5.10 Å². The van der Waals surface area contributed by atoms with Crippen LogP contribution in [0.5, 0.6) is 0 Å². The van der Waals surface area contributed by atoms with Crippen LogP contribution in [0, 0.1) is 11.6 Å². The summed E-state index contributed by atoms with van der Waals surface area (Å²) in [6.45, 7) is 1.34. The molecule has 7 heteroatoms. The molecule has 0 unspecified atom stereocenters. The van der Waals surface area contributed by atoms with Crippen molar-refractivity contribution in [1.82, 2.24) is 15.1 Å². The number of rotatable bonds is 7. The molecule has 1 heterocycles. The van der Waals surface area contributed by atoms with Crippen LogP contribution in [0.2, 0.25) is 0 Å². The third kappa shape index (κ3) is 4.06. The second-order valence-corrected chi connectivity index (χ2v) is 7.50. The van der Waals surface area contributed by atoms with E-state index in [0.717, 1.165) is 61.3 Å². The highest BCUT2D eigenvalue weighted by Gasteiger charge is 2.27. The van der Waals surface area contributed by atoms with Crippen molar-refractivity contribution in [1.29, 1.82) is 0 Å². The molecule has 3 aromatic rings. The number of aromatic nitrogens is 2. The third-order valence-electron chi connectivity index (χ3n) is 5.45. The van der Waals surface area contributed by atoms with Crippen LogP contribution in [-0.2, 0) is 12.8 Å². The van der Waals surface area contributed by atoms with Gasteiger partial charge in [-0.05, 0) is 49.9 Å². The maximum Gasteiger partial charge on any atom is 0.272 e. The largest absolute Gasteiger partial charge is 0.375 e. The van der Waals surface area contributed by atoms with Gasteiger partial charge in [0.15, 0.2) is 17.3 Å². The molecule has 4 rings (SSSR count). The summed E-state index contributed by atoms with van der Waals surface area (Å²) in [5.41, 5.74) is 3.74. The second-order valence-electron chi connectivity index (χ2n) is 7.50. The summed E-state index contributed by atoms with van der Waals surface area (Å²) in [7, 11) is 2.02. The van der Waals surface area contributed by atoms with Gasteiger partial charge >= 0.3 is 0 Å². The van der Waals surface area contributed by atoms with E-state index in [9.17, 15) is 13.6 Å². The fourth-order valence-corrected chi connectivity index (χ4v) is 3.86. The Labute approximate surface area is 174 Å². The molecule has 0 bridgehead atoms. The molecule has 0 saturated heterocycles. The van der Waals surface area contributed by atoms with Gasteiger partial charge in [0.05, 0.1) is 5.69 Å². The minimum absolute atomic E-state index is 0.225. The minimum atomic E-state index is -0.928.